The molecule has 6 heteroatoms. The fraction of sp³-hybridized carbons (Fsp3) is 0.467. The summed E-state index contributed by atoms with van der Waals surface area (Å²) >= 11 is 0. The second-order valence-electron chi connectivity index (χ2n) is 4.85. The predicted octanol–water partition coefficient (Wildman–Crippen LogP) is 0.716. The molecular weight excluding hydrogens is 272 g/mol. The van der Waals surface area contributed by atoms with Crippen molar-refractivity contribution in [2.45, 2.75) is 12.8 Å². The molecule has 0 spiro atoms. The Kier molecular flexibility index (Phi) is 5.43. The van der Waals surface area contributed by atoms with Crippen molar-refractivity contribution in [1.29, 1.82) is 0 Å². The number of amides is 2. The number of nitrogens with one attached hydrogen (secondary N) is 2. The monoisotopic (exact) mass is 292 g/mol. The molecule has 21 heavy (non-hydrogen) atoms. The molecule has 0 atom stereocenters. The van der Waals surface area contributed by atoms with Crippen molar-refractivity contribution in [3.8, 4) is 11.5 Å². The fourth-order valence-corrected chi connectivity index (χ4v) is 1.81. The van der Waals surface area contributed by atoms with Gasteiger partial charge in [-0.3, -0.25) is 9.59 Å². The number of benzene rings is 1. The van der Waals surface area contributed by atoms with Crippen molar-refractivity contribution >= 4 is 11.8 Å². The Bertz CT molecular complexity index is 500. The molecule has 2 N–H and O–H groups in total. The Morgan fingerprint density at radius 3 is 2.48 bits per heavy atom. The molecule has 1 saturated carbocycles. The van der Waals surface area contributed by atoms with Gasteiger partial charge in [0.15, 0.2) is 18.1 Å². The molecular formula is C15H20N2O4. The van der Waals surface area contributed by atoms with E-state index in [0.717, 1.165) is 12.8 Å². The first-order valence-electron chi connectivity index (χ1n) is 7.01. The van der Waals surface area contributed by atoms with Gasteiger partial charge >= 0.3 is 0 Å². The van der Waals surface area contributed by atoms with Crippen LogP contribution < -0.4 is 20.1 Å². The minimum absolute atomic E-state index is 0.0783. The average molecular weight is 292 g/mol. The average Bonchev–Trinajstić information content (AvgIpc) is 3.34. The molecule has 1 fully saturated rings. The zero-order valence-corrected chi connectivity index (χ0v) is 12.1. The van der Waals surface area contributed by atoms with E-state index in [2.05, 4.69) is 10.6 Å². The van der Waals surface area contributed by atoms with Gasteiger partial charge < -0.3 is 20.1 Å². The van der Waals surface area contributed by atoms with Crippen molar-refractivity contribution in [2.24, 2.45) is 5.92 Å². The molecule has 0 aliphatic heterocycles. The molecule has 0 saturated heterocycles. The molecule has 1 aliphatic carbocycles. The second-order valence-corrected chi connectivity index (χ2v) is 4.85. The summed E-state index contributed by atoms with van der Waals surface area (Å²) < 4.78 is 10.5. The van der Waals surface area contributed by atoms with Crippen LogP contribution in [0, 0.1) is 5.92 Å². The third-order valence-electron chi connectivity index (χ3n) is 3.12. The van der Waals surface area contributed by atoms with E-state index in [1.165, 1.54) is 0 Å². The molecule has 1 aliphatic rings. The third kappa shape index (κ3) is 4.98. The lowest BCUT2D eigenvalue weighted by molar-refractivity contribution is -0.124. The van der Waals surface area contributed by atoms with E-state index in [1.54, 1.807) is 19.2 Å². The van der Waals surface area contributed by atoms with E-state index < -0.39 is 0 Å². The van der Waals surface area contributed by atoms with Crippen LogP contribution in [0.1, 0.15) is 12.8 Å². The van der Waals surface area contributed by atoms with Gasteiger partial charge in [-0.05, 0) is 25.0 Å². The minimum atomic E-state index is -0.235. The van der Waals surface area contributed by atoms with Gasteiger partial charge in [-0.15, -0.1) is 0 Å². The first kappa shape index (κ1) is 15.2. The molecule has 1 aromatic rings. The van der Waals surface area contributed by atoms with Crippen LogP contribution in [0.3, 0.4) is 0 Å². The summed E-state index contributed by atoms with van der Waals surface area (Å²) in [7, 11) is 1.55. The highest BCUT2D eigenvalue weighted by Gasteiger charge is 2.28. The number of rotatable bonds is 8. The van der Waals surface area contributed by atoms with Crippen LogP contribution in [0.2, 0.25) is 0 Å². The first-order valence-corrected chi connectivity index (χ1v) is 7.01. The van der Waals surface area contributed by atoms with E-state index >= 15 is 0 Å². The van der Waals surface area contributed by atoms with E-state index in [4.69, 9.17) is 9.47 Å². The van der Waals surface area contributed by atoms with Gasteiger partial charge in [-0.2, -0.15) is 0 Å². The van der Waals surface area contributed by atoms with Crippen LogP contribution in [-0.2, 0) is 9.59 Å². The van der Waals surface area contributed by atoms with Crippen molar-refractivity contribution in [3.05, 3.63) is 24.3 Å². The maximum Gasteiger partial charge on any atom is 0.258 e. The first-order chi connectivity index (χ1) is 10.2. The summed E-state index contributed by atoms with van der Waals surface area (Å²) in [6.07, 6.45) is 1.95. The number of para-hydroxylation sites is 2. The van der Waals surface area contributed by atoms with Crippen LogP contribution in [0.25, 0.3) is 0 Å². The Morgan fingerprint density at radius 1 is 1.14 bits per heavy atom. The van der Waals surface area contributed by atoms with E-state index in [0.29, 0.717) is 24.6 Å². The highest BCUT2D eigenvalue weighted by atomic mass is 16.5. The zero-order chi connectivity index (χ0) is 15.1. The molecule has 2 rings (SSSR count). The van der Waals surface area contributed by atoms with Crippen LogP contribution in [0.4, 0.5) is 0 Å². The number of hydrogen-bond donors (Lipinski definition) is 2. The van der Waals surface area contributed by atoms with Crippen molar-refractivity contribution in [1.82, 2.24) is 10.6 Å². The molecule has 114 valence electrons. The Balaban J connectivity index is 1.61. The summed E-state index contributed by atoms with van der Waals surface area (Å²) in [5.41, 5.74) is 0. The molecule has 0 bridgehead atoms. The maximum atomic E-state index is 11.6. The van der Waals surface area contributed by atoms with Gasteiger partial charge in [-0.1, -0.05) is 12.1 Å². The number of carbonyl (C=O) groups excluding carboxylic acids is 2. The summed E-state index contributed by atoms with van der Waals surface area (Å²) in [5.74, 6) is 1.14. The van der Waals surface area contributed by atoms with Crippen LogP contribution in [0.15, 0.2) is 24.3 Å². The third-order valence-corrected chi connectivity index (χ3v) is 3.12. The van der Waals surface area contributed by atoms with Crippen LogP contribution in [-0.4, -0.2) is 38.6 Å². The SMILES string of the molecule is COc1ccccc1OCC(=O)NCCNC(=O)C1CC1. The molecule has 6 nitrogen and oxygen atoms in total. The summed E-state index contributed by atoms with van der Waals surface area (Å²) in [6.45, 7) is 0.749. The van der Waals surface area contributed by atoms with Gasteiger partial charge in [-0.25, -0.2) is 0 Å². The predicted molar refractivity (Wildman–Crippen MR) is 77.2 cm³/mol. The minimum Gasteiger partial charge on any atom is -0.493 e. The zero-order valence-electron chi connectivity index (χ0n) is 12.1. The highest BCUT2D eigenvalue weighted by Crippen LogP contribution is 2.28. The van der Waals surface area contributed by atoms with Gasteiger partial charge in [0.1, 0.15) is 0 Å². The van der Waals surface area contributed by atoms with Crippen molar-refractivity contribution in [3.63, 3.8) is 0 Å². The number of ether oxygens (including phenoxy) is 2. The van der Waals surface area contributed by atoms with Gasteiger partial charge in [0.2, 0.25) is 5.91 Å². The fourth-order valence-electron chi connectivity index (χ4n) is 1.81. The highest BCUT2D eigenvalue weighted by molar-refractivity contribution is 5.81. The Morgan fingerprint density at radius 2 is 1.81 bits per heavy atom. The summed E-state index contributed by atoms with van der Waals surface area (Å²) in [5, 5.41) is 5.46. The number of methoxy groups -OCH3 is 1. The largest absolute Gasteiger partial charge is 0.493 e. The molecule has 2 amide bonds. The lowest BCUT2D eigenvalue weighted by Crippen LogP contribution is -2.37. The molecule has 0 unspecified atom stereocenters. The van der Waals surface area contributed by atoms with Crippen LogP contribution >= 0.6 is 0 Å². The lowest BCUT2D eigenvalue weighted by atomic mass is 10.3. The lowest BCUT2D eigenvalue weighted by Gasteiger charge is -2.10. The number of hydrogen-bond acceptors (Lipinski definition) is 4. The van der Waals surface area contributed by atoms with Gasteiger partial charge in [0.25, 0.3) is 5.91 Å². The standard InChI is InChI=1S/C15H20N2O4/c1-20-12-4-2-3-5-13(12)21-10-14(18)16-8-9-17-15(19)11-6-7-11/h2-5,11H,6-10H2,1H3,(H,16,18)(H,17,19). The smallest absolute Gasteiger partial charge is 0.258 e. The normalized spacial score (nSPS) is 13.4. The van der Waals surface area contributed by atoms with Crippen molar-refractivity contribution in [2.75, 3.05) is 26.8 Å². The molecule has 1 aromatic carbocycles. The molecule has 0 heterocycles. The van der Waals surface area contributed by atoms with Gasteiger partial charge in [0.05, 0.1) is 7.11 Å². The van der Waals surface area contributed by atoms with Gasteiger partial charge in [0, 0.05) is 19.0 Å². The Hall–Kier alpha value is -2.24. The van der Waals surface area contributed by atoms with E-state index in [-0.39, 0.29) is 24.3 Å². The van der Waals surface area contributed by atoms with E-state index in [9.17, 15) is 9.59 Å². The molecule has 0 radical (unpaired) electrons. The Labute approximate surface area is 123 Å². The van der Waals surface area contributed by atoms with E-state index in [1.807, 2.05) is 12.1 Å². The summed E-state index contributed by atoms with van der Waals surface area (Å²) in [6, 6.07) is 7.14. The quantitative estimate of drug-likeness (QED) is 0.692. The van der Waals surface area contributed by atoms with Crippen LogP contribution in [0.5, 0.6) is 11.5 Å². The maximum absolute atomic E-state index is 11.6. The topological polar surface area (TPSA) is 76.7 Å². The number of carbonyl (C=O) groups is 2. The second kappa shape index (κ2) is 7.52. The van der Waals surface area contributed by atoms with Crippen molar-refractivity contribution < 1.29 is 19.1 Å². The summed E-state index contributed by atoms with van der Waals surface area (Å²) in [4.78, 5) is 23.0. The molecule has 0 aromatic heterocycles.